The average molecular weight is 339 g/mol. The van der Waals surface area contributed by atoms with E-state index in [9.17, 15) is 0 Å². The molecule has 0 atom stereocenters. The van der Waals surface area contributed by atoms with E-state index in [1.54, 1.807) is 18.2 Å². The van der Waals surface area contributed by atoms with Crippen LogP contribution in [0.3, 0.4) is 0 Å². The summed E-state index contributed by atoms with van der Waals surface area (Å²) in [5.74, 6) is 1.61. The molecular weight excluding hydrogens is 326 g/mol. The van der Waals surface area contributed by atoms with E-state index in [0.717, 1.165) is 10.2 Å². The van der Waals surface area contributed by atoms with Crippen molar-refractivity contribution in [3.05, 3.63) is 48.0 Å². The molecule has 8 heteroatoms. The van der Waals surface area contributed by atoms with Gasteiger partial charge in [0.25, 0.3) is 0 Å². The molecule has 1 aromatic heterocycles. The molecule has 0 saturated carbocycles. The van der Waals surface area contributed by atoms with Crippen LogP contribution < -0.4 is 20.9 Å². The molecular formula is C16H13N5O2S. The maximum absolute atomic E-state index is 5.99. The highest BCUT2D eigenvalue weighted by atomic mass is 32.1. The average Bonchev–Trinajstić information content (AvgIpc) is 3.19. The van der Waals surface area contributed by atoms with E-state index >= 15 is 0 Å². The van der Waals surface area contributed by atoms with Crippen molar-refractivity contribution in [2.24, 2.45) is 21.5 Å². The Balaban J connectivity index is 1.61. The quantitative estimate of drug-likeness (QED) is 0.550. The van der Waals surface area contributed by atoms with Gasteiger partial charge >= 0.3 is 0 Å². The van der Waals surface area contributed by atoms with Crippen LogP contribution in [0.4, 0.5) is 5.13 Å². The SMILES string of the molecule is N/C(=N\C(N)=N\c1nc2ccccc2s1)c1ccc2c(c1)OCO2. The highest BCUT2D eigenvalue weighted by Gasteiger charge is 2.14. The van der Waals surface area contributed by atoms with Crippen LogP contribution in [0.2, 0.25) is 0 Å². The van der Waals surface area contributed by atoms with Crippen molar-refractivity contribution in [1.82, 2.24) is 4.98 Å². The van der Waals surface area contributed by atoms with Crippen molar-refractivity contribution in [1.29, 1.82) is 0 Å². The molecule has 0 radical (unpaired) electrons. The summed E-state index contributed by atoms with van der Waals surface area (Å²) in [7, 11) is 0. The van der Waals surface area contributed by atoms with E-state index in [1.165, 1.54) is 11.3 Å². The summed E-state index contributed by atoms with van der Waals surface area (Å²) in [5, 5.41) is 0.538. The standard InChI is InChI=1S/C16H13N5O2S/c17-14(9-5-6-11-12(7-9)23-8-22-11)20-15(18)21-16-19-10-3-1-2-4-13(10)24-16/h1-7H,8H2,(H4,17,18,19,20,21). The summed E-state index contributed by atoms with van der Waals surface area (Å²) < 4.78 is 11.6. The highest BCUT2D eigenvalue weighted by Crippen LogP contribution is 2.32. The van der Waals surface area contributed by atoms with Crippen molar-refractivity contribution in [2.75, 3.05) is 6.79 Å². The van der Waals surface area contributed by atoms with Gasteiger partial charge in [0.15, 0.2) is 11.5 Å². The number of thiazole rings is 1. The Morgan fingerprint density at radius 2 is 1.92 bits per heavy atom. The number of hydrogen-bond acceptors (Lipinski definition) is 5. The summed E-state index contributed by atoms with van der Waals surface area (Å²) >= 11 is 1.44. The zero-order chi connectivity index (χ0) is 16.5. The summed E-state index contributed by atoms with van der Waals surface area (Å²) in [6, 6.07) is 13.1. The molecule has 0 saturated heterocycles. The van der Waals surface area contributed by atoms with Gasteiger partial charge in [0.2, 0.25) is 17.9 Å². The second-order valence-electron chi connectivity index (χ2n) is 5.00. The van der Waals surface area contributed by atoms with Gasteiger partial charge in [-0.1, -0.05) is 23.5 Å². The van der Waals surface area contributed by atoms with Gasteiger partial charge in [-0.3, -0.25) is 0 Å². The van der Waals surface area contributed by atoms with E-state index in [2.05, 4.69) is 15.0 Å². The van der Waals surface area contributed by atoms with Crippen molar-refractivity contribution < 1.29 is 9.47 Å². The van der Waals surface area contributed by atoms with Gasteiger partial charge in [0.1, 0.15) is 5.84 Å². The number of aliphatic imine (C=N–C) groups is 2. The maximum atomic E-state index is 5.99. The lowest BCUT2D eigenvalue weighted by molar-refractivity contribution is 0.174. The van der Waals surface area contributed by atoms with Crippen LogP contribution in [-0.4, -0.2) is 23.6 Å². The fourth-order valence-electron chi connectivity index (χ4n) is 2.27. The molecule has 0 bridgehead atoms. The number of ether oxygens (including phenoxy) is 2. The number of nitrogens with two attached hydrogens (primary N) is 2. The summed E-state index contributed by atoms with van der Waals surface area (Å²) in [5.41, 5.74) is 13.4. The molecule has 7 nitrogen and oxygen atoms in total. The predicted molar refractivity (Wildman–Crippen MR) is 94.2 cm³/mol. The third-order valence-electron chi connectivity index (χ3n) is 3.40. The minimum atomic E-state index is 0.0456. The normalized spacial score (nSPS) is 14.3. The number of para-hydroxylation sites is 1. The Labute approximate surface area is 141 Å². The molecule has 1 aliphatic heterocycles. The lowest BCUT2D eigenvalue weighted by Gasteiger charge is -2.02. The Bertz CT molecular complexity index is 947. The first-order valence-electron chi connectivity index (χ1n) is 7.13. The van der Waals surface area contributed by atoms with Crippen molar-refractivity contribution in [2.45, 2.75) is 0 Å². The first kappa shape index (κ1) is 14.5. The molecule has 0 aliphatic carbocycles. The zero-order valence-electron chi connectivity index (χ0n) is 12.5. The molecule has 2 heterocycles. The largest absolute Gasteiger partial charge is 0.454 e. The molecule has 120 valence electrons. The Morgan fingerprint density at radius 1 is 1.08 bits per heavy atom. The molecule has 0 fully saturated rings. The van der Waals surface area contributed by atoms with E-state index in [4.69, 9.17) is 20.9 Å². The smallest absolute Gasteiger partial charge is 0.231 e. The van der Waals surface area contributed by atoms with Crippen LogP contribution in [-0.2, 0) is 0 Å². The second-order valence-corrected chi connectivity index (χ2v) is 6.01. The molecule has 4 N–H and O–H groups in total. The van der Waals surface area contributed by atoms with Crippen LogP contribution in [0.1, 0.15) is 5.56 Å². The number of hydrogen-bond donors (Lipinski definition) is 2. The minimum Gasteiger partial charge on any atom is -0.454 e. The molecule has 4 rings (SSSR count). The first-order valence-corrected chi connectivity index (χ1v) is 7.94. The third-order valence-corrected chi connectivity index (χ3v) is 4.33. The van der Waals surface area contributed by atoms with Crippen molar-refractivity contribution in [3.63, 3.8) is 0 Å². The lowest BCUT2D eigenvalue weighted by atomic mass is 10.2. The van der Waals surface area contributed by atoms with Gasteiger partial charge in [-0.25, -0.2) is 4.98 Å². The molecule has 2 aromatic carbocycles. The molecule has 3 aromatic rings. The van der Waals surface area contributed by atoms with Gasteiger partial charge < -0.3 is 20.9 Å². The molecule has 0 amide bonds. The third kappa shape index (κ3) is 2.74. The number of benzene rings is 2. The molecule has 24 heavy (non-hydrogen) atoms. The number of nitrogens with zero attached hydrogens (tertiary/aromatic N) is 3. The van der Waals surface area contributed by atoms with E-state index < -0.39 is 0 Å². The Morgan fingerprint density at radius 3 is 2.79 bits per heavy atom. The van der Waals surface area contributed by atoms with E-state index in [1.807, 2.05) is 24.3 Å². The van der Waals surface area contributed by atoms with Crippen LogP contribution in [0.5, 0.6) is 11.5 Å². The number of amidine groups is 1. The highest BCUT2D eigenvalue weighted by molar-refractivity contribution is 7.22. The van der Waals surface area contributed by atoms with Crippen LogP contribution in [0.25, 0.3) is 10.2 Å². The number of guanidine groups is 1. The van der Waals surface area contributed by atoms with Gasteiger partial charge in [-0.15, -0.1) is 0 Å². The molecule has 0 unspecified atom stereocenters. The van der Waals surface area contributed by atoms with Crippen molar-refractivity contribution in [3.8, 4) is 11.5 Å². The Hall–Kier alpha value is -3.13. The lowest BCUT2D eigenvalue weighted by Crippen LogP contribution is -2.19. The number of aromatic nitrogens is 1. The van der Waals surface area contributed by atoms with Crippen LogP contribution in [0.15, 0.2) is 52.4 Å². The monoisotopic (exact) mass is 339 g/mol. The maximum Gasteiger partial charge on any atom is 0.231 e. The molecule has 1 aliphatic rings. The van der Waals surface area contributed by atoms with Gasteiger partial charge in [-0.05, 0) is 30.3 Å². The fraction of sp³-hybridized carbons (Fsp3) is 0.0625. The number of rotatable bonds is 2. The van der Waals surface area contributed by atoms with Crippen molar-refractivity contribution >= 4 is 38.5 Å². The second kappa shape index (κ2) is 5.82. The predicted octanol–water partition coefficient (Wildman–Crippen LogP) is 2.38. The van der Waals surface area contributed by atoms with E-state index in [-0.39, 0.29) is 18.6 Å². The topological polar surface area (TPSA) is 108 Å². The van der Waals surface area contributed by atoms with E-state index in [0.29, 0.717) is 22.2 Å². The molecule has 0 spiro atoms. The summed E-state index contributed by atoms with van der Waals surface area (Å²) in [4.78, 5) is 12.7. The minimum absolute atomic E-state index is 0.0456. The fourth-order valence-corrected chi connectivity index (χ4v) is 3.12. The van der Waals surface area contributed by atoms with Gasteiger partial charge in [-0.2, -0.15) is 9.98 Å². The number of fused-ring (bicyclic) bond motifs is 2. The van der Waals surface area contributed by atoms with Crippen LogP contribution in [0, 0.1) is 0 Å². The summed E-state index contributed by atoms with van der Waals surface area (Å²) in [6.45, 7) is 0.205. The summed E-state index contributed by atoms with van der Waals surface area (Å²) in [6.07, 6.45) is 0. The Kier molecular flexibility index (Phi) is 3.51. The van der Waals surface area contributed by atoms with Gasteiger partial charge in [0.05, 0.1) is 10.2 Å². The zero-order valence-corrected chi connectivity index (χ0v) is 13.3. The first-order chi connectivity index (χ1) is 11.7. The van der Waals surface area contributed by atoms with Gasteiger partial charge in [0, 0.05) is 5.56 Å². The van der Waals surface area contributed by atoms with Crippen LogP contribution >= 0.6 is 11.3 Å².